The molecule has 11 nitrogen and oxygen atoms in total. The Morgan fingerprint density at radius 1 is 0.758 bits per heavy atom. The topological polar surface area (TPSA) is 142 Å². The van der Waals surface area contributed by atoms with Gasteiger partial charge in [0.15, 0.2) is 5.78 Å². The van der Waals surface area contributed by atoms with Crippen LogP contribution in [0.1, 0.15) is 33.6 Å². The first-order valence-corrected chi connectivity index (χ1v) is 11.4. The molecule has 0 spiro atoms. The van der Waals surface area contributed by atoms with E-state index in [-0.39, 0.29) is 25.2 Å². The van der Waals surface area contributed by atoms with Crippen molar-refractivity contribution in [2.45, 2.75) is 39.7 Å². The van der Waals surface area contributed by atoms with Crippen molar-refractivity contribution >= 4 is 23.7 Å². The van der Waals surface area contributed by atoms with Crippen LogP contribution in [-0.2, 0) is 19.2 Å². The Kier molecular flexibility index (Phi) is 11.9. The fourth-order valence-electron chi connectivity index (χ4n) is 3.59. The van der Waals surface area contributed by atoms with Crippen LogP contribution in [0.15, 0.2) is 0 Å². The molecule has 1 atom stereocenters. The number of carboxylic acids is 3. The summed E-state index contributed by atoms with van der Waals surface area (Å²) in [6.07, 6.45) is -0.269. The van der Waals surface area contributed by atoms with Crippen molar-refractivity contribution in [2.24, 2.45) is 5.41 Å². The fourth-order valence-corrected chi connectivity index (χ4v) is 3.59. The molecule has 0 aromatic heterocycles. The van der Waals surface area contributed by atoms with Gasteiger partial charge >= 0.3 is 17.9 Å². The van der Waals surface area contributed by atoms with Gasteiger partial charge in [-0.15, -0.1) is 0 Å². The maximum absolute atomic E-state index is 12.6. The average molecular weight is 473 g/mol. The zero-order chi connectivity index (χ0) is 25.2. The number of carbonyl (C=O) groups is 4. The predicted octanol–water partition coefficient (Wildman–Crippen LogP) is -0.144. The van der Waals surface area contributed by atoms with Gasteiger partial charge in [-0.25, -0.2) is 0 Å². The van der Waals surface area contributed by atoms with Crippen molar-refractivity contribution < 1.29 is 34.5 Å². The second-order valence-corrected chi connectivity index (χ2v) is 9.74. The zero-order valence-corrected chi connectivity index (χ0v) is 20.3. The van der Waals surface area contributed by atoms with Crippen molar-refractivity contribution in [1.82, 2.24) is 19.6 Å². The molecule has 33 heavy (non-hydrogen) atoms. The molecule has 190 valence electrons. The average Bonchev–Trinajstić information content (AvgIpc) is 2.68. The highest BCUT2D eigenvalue weighted by atomic mass is 16.4. The number of rotatable bonds is 9. The van der Waals surface area contributed by atoms with Crippen molar-refractivity contribution in [1.29, 1.82) is 0 Å². The SMILES string of the molecule is CN1CCN(CC(=O)C(C)(C)C)CCN(CC(=O)O)CCN(C(CCC(=O)O)C(=O)O)CC1. The third-order valence-corrected chi connectivity index (χ3v) is 5.92. The normalized spacial score (nSPS) is 19.9. The van der Waals surface area contributed by atoms with Gasteiger partial charge in [-0.05, 0) is 13.5 Å². The highest BCUT2D eigenvalue weighted by Gasteiger charge is 2.28. The summed E-state index contributed by atoms with van der Waals surface area (Å²) in [5.74, 6) is -2.99. The largest absolute Gasteiger partial charge is 0.481 e. The molecule has 1 aliphatic rings. The summed E-state index contributed by atoms with van der Waals surface area (Å²) >= 11 is 0. The van der Waals surface area contributed by atoms with Crippen LogP contribution in [0.4, 0.5) is 0 Å². The minimum absolute atomic E-state index is 0.0179. The molecule has 3 N–H and O–H groups in total. The number of ketones is 1. The number of carboxylic acid groups (broad SMARTS) is 3. The summed E-state index contributed by atoms with van der Waals surface area (Å²) < 4.78 is 0. The molecule has 0 saturated carbocycles. The van der Waals surface area contributed by atoms with E-state index in [1.54, 1.807) is 9.80 Å². The Morgan fingerprint density at radius 2 is 1.24 bits per heavy atom. The van der Waals surface area contributed by atoms with E-state index in [0.29, 0.717) is 58.9 Å². The first-order valence-electron chi connectivity index (χ1n) is 11.4. The van der Waals surface area contributed by atoms with Gasteiger partial charge in [0, 0.05) is 64.2 Å². The number of hydrogen-bond acceptors (Lipinski definition) is 8. The summed E-state index contributed by atoms with van der Waals surface area (Å²) in [5, 5.41) is 28.0. The molecule has 11 heteroatoms. The number of aliphatic carboxylic acids is 3. The Labute approximate surface area is 195 Å². The molecule has 0 amide bonds. The molecular formula is C22H40N4O7. The Bertz CT molecular complexity index is 680. The van der Waals surface area contributed by atoms with E-state index in [2.05, 4.69) is 4.90 Å². The number of nitrogens with zero attached hydrogens (tertiary/aromatic N) is 4. The van der Waals surface area contributed by atoms with Crippen LogP contribution >= 0.6 is 0 Å². The maximum atomic E-state index is 12.6. The van der Waals surface area contributed by atoms with Crippen LogP contribution in [0.5, 0.6) is 0 Å². The lowest BCUT2D eigenvalue weighted by molar-refractivity contribution is -0.145. The molecule has 1 aliphatic heterocycles. The van der Waals surface area contributed by atoms with Gasteiger partial charge in [0.05, 0.1) is 13.1 Å². The van der Waals surface area contributed by atoms with Gasteiger partial charge in [0.25, 0.3) is 0 Å². The van der Waals surface area contributed by atoms with Gasteiger partial charge in [0.2, 0.25) is 0 Å². The van der Waals surface area contributed by atoms with Crippen LogP contribution in [-0.4, -0.2) is 137 Å². The molecule has 1 rings (SSSR count). The van der Waals surface area contributed by atoms with E-state index in [1.165, 1.54) is 0 Å². The van der Waals surface area contributed by atoms with Gasteiger partial charge < -0.3 is 20.2 Å². The number of carbonyl (C=O) groups excluding carboxylic acids is 1. The monoisotopic (exact) mass is 472 g/mol. The second-order valence-electron chi connectivity index (χ2n) is 9.74. The van der Waals surface area contributed by atoms with E-state index >= 15 is 0 Å². The predicted molar refractivity (Wildman–Crippen MR) is 122 cm³/mol. The Morgan fingerprint density at radius 3 is 1.76 bits per heavy atom. The van der Waals surface area contributed by atoms with Crippen LogP contribution in [0, 0.1) is 5.41 Å². The number of Topliss-reactive ketones (excluding diaryl/α,β-unsaturated/α-hetero) is 1. The minimum atomic E-state index is -1.08. The smallest absolute Gasteiger partial charge is 0.320 e. The Hall–Kier alpha value is -2.08. The van der Waals surface area contributed by atoms with E-state index in [9.17, 15) is 29.4 Å². The van der Waals surface area contributed by atoms with Gasteiger partial charge in [-0.3, -0.25) is 33.9 Å². The van der Waals surface area contributed by atoms with Gasteiger partial charge in [-0.2, -0.15) is 0 Å². The van der Waals surface area contributed by atoms with Crippen LogP contribution < -0.4 is 0 Å². The molecule has 1 saturated heterocycles. The number of hydrogen-bond donors (Lipinski definition) is 3. The third-order valence-electron chi connectivity index (χ3n) is 5.92. The minimum Gasteiger partial charge on any atom is -0.481 e. The molecule has 0 aromatic rings. The van der Waals surface area contributed by atoms with Crippen molar-refractivity contribution in [3.8, 4) is 0 Å². The molecule has 0 aromatic carbocycles. The summed E-state index contributed by atoms with van der Waals surface area (Å²) in [7, 11) is 1.93. The first kappa shape index (κ1) is 29.0. The lowest BCUT2D eigenvalue weighted by atomic mass is 9.90. The maximum Gasteiger partial charge on any atom is 0.320 e. The molecule has 0 bridgehead atoms. The molecule has 1 fully saturated rings. The second kappa shape index (κ2) is 13.6. The van der Waals surface area contributed by atoms with E-state index in [0.717, 1.165) is 0 Å². The Balaban J connectivity index is 3.00. The lowest BCUT2D eigenvalue weighted by Gasteiger charge is -2.35. The van der Waals surface area contributed by atoms with Crippen LogP contribution in [0.25, 0.3) is 0 Å². The van der Waals surface area contributed by atoms with Crippen LogP contribution in [0.3, 0.4) is 0 Å². The van der Waals surface area contributed by atoms with Crippen molar-refractivity contribution in [2.75, 3.05) is 72.5 Å². The summed E-state index contributed by atoms with van der Waals surface area (Å²) in [6.45, 7) is 9.59. The van der Waals surface area contributed by atoms with Crippen LogP contribution in [0.2, 0.25) is 0 Å². The molecule has 1 heterocycles. The fraction of sp³-hybridized carbons (Fsp3) is 0.818. The molecule has 1 unspecified atom stereocenters. The highest BCUT2D eigenvalue weighted by molar-refractivity contribution is 5.85. The first-order chi connectivity index (χ1) is 15.3. The molecular weight excluding hydrogens is 432 g/mol. The quantitative estimate of drug-likeness (QED) is 0.412. The number of likely N-dealkylation sites (N-methyl/N-ethyl adjacent to an activating group) is 1. The van der Waals surface area contributed by atoms with E-state index < -0.39 is 29.4 Å². The standard InChI is InChI=1S/C22H40N4O7/c1-22(2,3)18(27)15-24-9-7-23(4)8-13-26(17(21(32)33)5-6-19(28)29)14-12-25(11-10-24)16-20(30)31/h17H,5-16H2,1-4H3,(H,28,29)(H,30,31)(H,32,33). The molecule has 0 radical (unpaired) electrons. The summed E-state index contributed by atoms with van der Waals surface area (Å²) in [4.78, 5) is 54.4. The lowest BCUT2D eigenvalue weighted by Crippen LogP contribution is -2.51. The zero-order valence-electron chi connectivity index (χ0n) is 20.3. The van der Waals surface area contributed by atoms with Crippen molar-refractivity contribution in [3.63, 3.8) is 0 Å². The van der Waals surface area contributed by atoms with E-state index in [1.807, 2.05) is 32.7 Å². The highest BCUT2D eigenvalue weighted by Crippen LogP contribution is 2.15. The molecule has 0 aliphatic carbocycles. The van der Waals surface area contributed by atoms with E-state index in [4.69, 9.17) is 5.11 Å². The summed E-state index contributed by atoms with van der Waals surface area (Å²) in [5.41, 5.74) is -0.460. The van der Waals surface area contributed by atoms with Crippen molar-refractivity contribution in [3.05, 3.63) is 0 Å². The third kappa shape index (κ3) is 11.6. The van der Waals surface area contributed by atoms with Gasteiger partial charge in [-0.1, -0.05) is 20.8 Å². The van der Waals surface area contributed by atoms with Gasteiger partial charge in [0.1, 0.15) is 6.04 Å². The summed E-state index contributed by atoms with van der Waals surface area (Å²) in [6, 6.07) is -0.954.